The minimum Gasteiger partial charge on any atom is -0.198 e. The molecule has 2 heteroatoms. The van der Waals surface area contributed by atoms with Gasteiger partial charge in [0.05, 0.1) is 12.0 Å². The summed E-state index contributed by atoms with van der Waals surface area (Å²) < 4.78 is 0. The van der Waals surface area contributed by atoms with Crippen LogP contribution in [0.1, 0.15) is 31.7 Å². The molecular formula is C12H14ClN. The highest BCUT2D eigenvalue weighted by molar-refractivity contribution is 6.30. The Labute approximate surface area is 90.3 Å². The van der Waals surface area contributed by atoms with Crippen LogP contribution < -0.4 is 0 Å². The second kappa shape index (κ2) is 5.02. The van der Waals surface area contributed by atoms with E-state index in [2.05, 4.69) is 19.9 Å². The molecule has 0 aromatic heterocycles. The molecule has 0 saturated heterocycles. The zero-order valence-corrected chi connectivity index (χ0v) is 9.25. The summed E-state index contributed by atoms with van der Waals surface area (Å²) in [6, 6.07) is 9.89. The maximum absolute atomic E-state index is 9.07. The summed E-state index contributed by atoms with van der Waals surface area (Å²) in [6.07, 6.45) is 1.01. The molecule has 0 N–H and O–H groups in total. The monoisotopic (exact) mass is 207 g/mol. The number of nitrogens with zero attached hydrogens (tertiary/aromatic N) is 1. The first kappa shape index (κ1) is 11.1. The van der Waals surface area contributed by atoms with Crippen molar-refractivity contribution >= 4 is 11.6 Å². The SMILES string of the molecule is CCC(C)C(C#N)c1ccc(Cl)cc1. The highest BCUT2D eigenvalue weighted by Crippen LogP contribution is 2.26. The molecule has 1 aromatic rings. The molecule has 1 aromatic carbocycles. The van der Waals surface area contributed by atoms with Gasteiger partial charge < -0.3 is 0 Å². The quantitative estimate of drug-likeness (QED) is 0.735. The number of halogens is 1. The van der Waals surface area contributed by atoms with Crippen LogP contribution in [0.2, 0.25) is 5.02 Å². The Kier molecular flexibility index (Phi) is 3.98. The molecule has 0 aliphatic carbocycles. The summed E-state index contributed by atoms with van der Waals surface area (Å²) in [5, 5.41) is 9.78. The van der Waals surface area contributed by atoms with E-state index in [1.54, 1.807) is 0 Å². The summed E-state index contributed by atoms with van der Waals surface area (Å²) in [6.45, 7) is 4.20. The van der Waals surface area contributed by atoms with E-state index in [0.717, 1.165) is 17.0 Å². The van der Waals surface area contributed by atoms with Crippen molar-refractivity contribution in [3.05, 3.63) is 34.9 Å². The first-order chi connectivity index (χ1) is 6.69. The molecule has 74 valence electrons. The van der Waals surface area contributed by atoms with Crippen molar-refractivity contribution < 1.29 is 0 Å². The molecule has 1 rings (SSSR count). The van der Waals surface area contributed by atoms with E-state index >= 15 is 0 Å². The zero-order chi connectivity index (χ0) is 10.6. The Hall–Kier alpha value is -1.00. The van der Waals surface area contributed by atoms with Gasteiger partial charge in [-0.15, -0.1) is 0 Å². The topological polar surface area (TPSA) is 23.8 Å². The van der Waals surface area contributed by atoms with Crippen LogP contribution in [0.4, 0.5) is 0 Å². The first-order valence-electron chi connectivity index (χ1n) is 4.84. The Balaban J connectivity index is 2.91. The zero-order valence-electron chi connectivity index (χ0n) is 8.50. The summed E-state index contributed by atoms with van der Waals surface area (Å²) in [7, 11) is 0. The standard InChI is InChI=1S/C12H14ClN/c1-3-9(2)12(8-14)10-4-6-11(13)7-5-10/h4-7,9,12H,3H2,1-2H3. The van der Waals surface area contributed by atoms with Crippen LogP contribution in [0, 0.1) is 17.2 Å². The Morgan fingerprint density at radius 1 is 1.36 bits per heavy atom. The van der Waals surface area contributed by atoms with Crippen LogP contribution in [-0.4, -0.2) is 0 Å². The molecule has 2 atom stereocenters. The van der Waals surface area contributed by atoms with Crippen molar-refractivity contribution in [2.24, 2.45) is 5.92 Å². The van der Waals surface area contributed by atoms with E-state index in [1.807, 2.05) is 24.3 Å². The van der Waals surface area contributed by atoms with Gasteiger partial charge in [-0.25, -0.2) is 0 Å². The number of benzene rings is 1. The molecule has 0 heterocycles. The molecule has 1 nitrogen and oxygen atoms in total. The average molecular weight is 208 g/mol. The van der Waals surface area contributed by atoms with E-state index in [0.29, 0.717) is 5.92 Å². The van der Waals surface area contributed by atoms with Crippen LogP contribution in [0.3, 0.4) is 0 Å². The summed E-state index contributed by atoms with van der Waals surface area (Å²) in [5.74, 6) is 0.374. The van der Waals surface area contributed by atoms with E-state index < -0.39 is 0 Å². The van der Waals surface area contributed by atoms with Crippen LogP contribution in [0.15, 0.2) is 24.3 Å². The van der Waals surface area contributed by atoms with Gasteiger partial charge in [0.15, 0.2) is 0 Å². The van der Waals surface area contributed by atoms with E-state index in [4.69, 9.17) is 16.9 Å². The molecule has 0 aliphatic heterocycles. The number of hydrogen-bond acceptors (Lipinski definition) is 1. The fraction of sp³-hybridized carbons (Fsp3) is 0.417. The molecule has 0 spiro atoms. The Morgan fingerprint density at radius 2 is 1.93 bits per heavy atom. The van der Waals surface area contributed by atoms with Gasteiger partial charge in [-0.2, -0.15) is 5.26 Å². The smallest absolute Gasteiger partial charge is 0.0738 e. The van der Waals surface area contributed by atoms with Crippen LogP contribution >= 0.6 is 11.6 Å². The average Bonchev–Trinajstić information content (AvgIpc) is 2.21. The van der Waals surface area contributed by atoms with Crippen molar-refractivity contribution in [2.45, 2.75) is 26.2 Å². The lowest BCUT2D eigenvalue weighted by molar-refractivity contribution is 0.514. The van der Waals surface area contributed by atoms with Gasteiger partial charge in [0.1, 0.15) is 0 Å². The summed E-state index contributed by atoms with van der Waals surface area (Å²) in [5.41, 5.74) is 1.06. The minimum absolute atomic E-state index is 0.0164. The van der Waals surface area contributed by atoms with E-state index in [-0.39, 0.29) is 5.92 Å². The lowest BCUT2D eigenvalue weighted by Crippen LogP contribution is -2.06. The summed E-state index contributed by atoms with van der Waals surface area (Å²) in [4.78, 5) is 0. The third-order valence-corrected chi connectivity index (χ3v) is 2.83. The van der Waals surface area contributed by atoms with Crippen molar-refractivity contribution in [3.63, 3.8) is 0 Å². The molecule has 0 saturated carbocycles. The second-order valence-electron chi connectivity index (χ2n) is 3.54. The summed E-state index contributed by atoms with van der Waals surface area (Å²) >= 11 is 5.79. The third kappa shape index (κ3) is 2.49. The number of hydrogen-bond donors (Lipinski definition) is 0. The van der Waals surface area contributed by atoms with Crippen LogP contribution in [0.25, 0.3) is 0 Å². The molecule has 2 unspecified atom stereocenters. The molecule has 0 radical (unpaired) electrons. The molecule has 0 fully saturated rings. The normalized spacial score (nSPS) is 14.4. The molecule has 0 bridgehead atoms. The predicted octanol–water partition coefficient (Wildman–Crippen LogP) is 3.99. The van der Waals surface area contributed by atoms with Gasteiger partial charge in [0.25, 0.3) is 0 Å². The van der Waals surface area contributed by atoms with Crippen LogP contribution in [0.5, 0.6) is 0 Å². The van der Waals surface area contributed by atoms with Gasteiger partial charge in [0, 0.05) is 5.02 Å². The van der Waals surface area contributed by atoms with Crippen molar-refractivity contribution in [3.8, 4) is 6.07 Å². The molecule has 14 heavy (non-hydrogen) atoms. The lowest BCUT2D eigenvalue weighted by Gasteiger charge is -2.15. The molecule has 0 amide bonds. The predicted molar refractivity (Wildman–Crippen MR) is 59.3 cm³/mol. The number of nitriles is 1. The fourth-order valence-electron chi connectivity index (χ4n) is 1.44. The van der Waals surface area contributed by atoms with Gasteiger partial charge in [0.2, 0.25) is 0 Å². The Bertz CT molecular complexity index is 323. The van der Waals surface area contributed by atoms with Crippen molar-refractivity contribution in [1.29, 1.82) is 5.26 Å². The van der Waals surface area contributed by atoms with Gasteiger partial charge >= 0.3 is 0 Å². The second-order valence-corrected chi connectivity index (χ2v) is 3.98. The van der Waals surface area contributed by atoms with Gasteiger partial charge in [-0.1, -0.05) is 44.0 Å². The van der Waals surface area contributed by atoms with Crippen LogP contribution in [-0.2, 0) is 0 Å². The maximum atomic E-state index is 9.07. The third-order valence-electron chi connectivity index (χ3n) is 2.58. The van der Waals surface area contributed by atoms with Crippen molar-refractivity contribution in [1.82, 2.24) is 0 Å². The largest absolute Gasteiger partial charge is 0.198 e. The van der Waals surface area contributed by atoms with Gasteiger partial charge in [-0.05, 0) is 23.6 Å². The minimum atomic E-state index is -0.0164. The van der Waals surface area contributed by atoms with E-state index in [9.17, 15) is 0 Å². The van der Waals surface area contributed by atoms with Gasteiger partial charge in [-0.3, -0.25) is 0 Å². The molecule has 0 aliphatic rings. The lowest BCUT2D eigenvalue weighted by atomic mass is 9.87. The highest BCUT2D eigenvalue weighted by atomic mass is 35.5. The fourth-order valence-corrected chi connectivity index (χ4v) is 1.56. The Morgan fingerprint density at radius 3 is 2.36 bits per heavy atom. The highest BCUT2D eigenvalue weighted by Gasteiger charge is 2.16. The maximum Gasteiger partial charge on any atom is 0.0738 e. The van der Waals surface area contributed by atoms with Crippen molar-refractivity contribution in [2.75, 3.05) is 0 Å². The van der Waals surface area contributed by atoms with E-state index in [1.165, 1.54) is 0 Å². The first-order valence-corrected chi connectivity index (χ1v) is 5.22. The number of rotatable bonds is 3. The molecular weight excluding hydrogens is 194 g/mol.